The lowest BCUT2D eigenvalue weighted by molar-refractivity contribution is 0.184. The highest BCUT2D eigenvalue weighted by Crippen LogP contribution is 2.17. The highest BCUT2D eigenvalue weighted by atomic mass is 19.1. The molecule has 3 heteroatoms. The van der Waals surface area contributed by atoms with Gasteiger partial charge in [0.25, 0.3) is 0 Å². The van der Waals surface area contributed by atoms with Gasteiger partial charge in [-0.05, 0) is 44.4 Å². The minimum atomic E-state index is -0.532. The topological polar surface area (TPSA) is 20.2 Å². The van der Waals surface area contributed by atoms with Crippen LogP contribution in [0.15, 0.2) is 12.1 Å². The summed E-state index contributed by atoms with van der Waals surface area (Å²) in [6.45, 7) is 3.24. The summed E-state index contributed by atoms with van der Waals surface area (Å²) in [6.07, 6.45) is 0.0714. The van der Waals surface area contributed by atoms with Gasteiger partial charge in [-0.25, -0.2) is 8.78 Å². The van der Waals surface area contributed by atoms with E-state index in [1.807, 2.05) is 0 Å². The van der Waals surface area contributed by atoms with Gasteiger partial charge in [-0.1, -0.05) is 0 Å². The smallest absolute Gasteiger partial charge is 0.129 e. The van der Waals surface area contributed by atoms with Crippen molar-refractivity contribution >= 4 is 0 Å². The first-order chi connectivity index (χ1) is 6.50. The first-order valence-corrected chi connectivity index (χ1v) is 4.63. The van der Waals surface area contributed by atoms with Crippen molar-refractivity contribution in [2.24, 2.45) is 0 Å². The lowest BCUT2D eigenvalue weighted by Gasteiger charge is -2.07. The molecule has 1 rings (SSSR count). The molecule has 1 aromatic carbocycles. The Labute approximate surface area is 82.4 Å². The molecule has 0 unspecified atom stereocenters. The molecule has 0 amide bonds. The van der Waals surface area contributed by atoms with Gasteiger partial charge >= 0.3 is 0 Å². The van der Waals surface area contributed by atoms with Crippen LogP contribution in [0.5, 0.6) is 0 Å². The zero-order chi connectivity index (χ0) is 10.7. The summed E-state index contributed by atoms with van der Waals surface area (Å²) >= 11 is 0. The molecule has 78 valence electrons. The molecule has 14 heavy (non-hydrogen) atoms. The molecule has 1 N–H and O–H groups in total. The van der Waals surface area contributed by atoms with Crippen LogP contribution >= 0.6 is 0 Å². The van der Waals surface area contributed by atoms with Crippen LogP contribution in [0.3, 0.4) is 0 Å². The van der Waals surface area contributed by atoms with Crippen molar-refractivity contribution in [3.8, 4) is 0 Å². The average Bonchev–Trinajstić information content (AvgIpc) is 2.01. The summed E-state index contributed by atoms with van der Waals surface area (Å²) in [4.78, 5) is 0. The van der Waals surface area contributed by atoms with Crippen molar-refractivity contribution in [3.63, 3.8) is 0 Å². The van der Waals surface area contributed by atoms with E-state index in [-0.39, 0.29) is 12.0 Å². The third-order valence-corrected chi connectivity index (χ3v) is 2.10. The van der Waals surface area contributed by atoms with E-state index in [9.17, 15) is 8.78 Å². The van der Waals surface area contributed by atoms with Crippen LogP contribution in [0.25, 0.3) is 0 Å². The molecule has 0 aliphatic rings. The summed E-state index contributed by atoms with van der Waals surface area (Å²) in [5.41, 5.74) is 0.636. The summed E-state index contributed by atoms with van der Waals surface area (Å²) in [6, 6.07) is 2.61. The number of aliphatic hydroxyl groups excluding tert-OH is 1. The first-order valence-electron chi connectivity index (χ1n) is 4.63. The minimum absolute atomic E-state index is 0.0662. The van der Waals surface area contributed by atoms with Crippen molar-refractivity contribution in [3.05, 3.63) is 34.9 Å². The summed E-state index contributed by atoms with van der Waals surface area (Å²) in [7, 11) is 0. The maximum Gasteiger partial charge on any atom is 0.129 e. The molecular weight excluding hydrogens is 186 g/mol. The van der Waals surface area contributed by atoms with Crippen LogP contribution in [0, 0.1) is 18.6 Å². The molecule has 0 radical (unpaired) electrons. The quantitative estimate of drug-likeness (QED) is 0.795. The molecule has 0 saturated carbocycles. The van der Waals surface area contributed by atoms with Gasteiger partial charge < -0.3 is 5.11 Å². The Bertz CT molecular complexity index is 298. The maximum atomic E-state index is 13.2. The van der Waals surface area contributed by atoms with Gasteiger partial charge in [0.1, 0.15) is 11.6 Å². The Morgan fingerprint density at radius 1 is 1.29 bits per heavy atom. The molecule has 0 aliphatic carbocycles. The zero-order valence-corrected chi connectivity index (χ0v) is 8.35. The van der Waals surface area contributed by atoms with E-state index >= 15 is 0 Å². The Morgan fingerprint density at radius 2 is 1.79 bits per heavy atom. The molecule has 0 aromatic heterocycles. The fourth-order valence-electron chi connectivity index (χ4n) is 1.32. The van der Waals surface area contributed by atoms with Crippen molar-refractivity contribution in [2.45, 2.75) is 32.8 Å². The minimum Gasteiger partial charge on any atom is -0.393 e. The molecule has 1 nitrogen and oxygen atoms in total. The predicted molar refractivity (Wildman–Crippen MR) is 51.1 cm³/mol. The molecule has 0 bridgehead atoms. The van der Waals surface area contributed by atoms with Crippen molar-refractivity contribution in [2.75, 3.05) is 0 Å². The number of halogens is 2. The van der Waals surface area contributed by atoms with Crippen molar-refractivity contribution in [1.29, 1.82) is 0 Å². The third kappa shape index (κ3) is 2.77. The molecule has 1 atom stereocenters. The summed E-state index contributed by atoms with van der Waals surface area (Å²) in [5, 5.41) is 9.01. The van der Waals surface area contributed by atoms with Gasteiger partial charge in [-0.2, -0.15) is 0 Å². The van der Waals surface area contributed by atoms with E-state index in [0.29, 0.717) is 12.0 Å². The second-order valence-electron chi connectivity index (χ2n) is 3.59. The van der Waals surface area contributed by atoms with Crippen molar-refractivity contribution < 1.29 is 13.9 Å². The second-order valence-corrected chi connectivity index (χ2v) is 3.59. The van der Waals surface area contributed by atoms with E-state index in [4.69, 9.17) is 5.11 Å². The van der Waals surface area contributed by atoms with E-state index in [0.717, 1.165) is 0 Å². The lowest BCUT2D eigenvalue weighted by atomic mass is 10.0. The van der Waals surface area contributed by atoms with Gasteiger partial charge in [-0.15, -0.1) is 0 Å². The highest BCUT2D eigenvalue weighted by Gasteiger charge is 2.10. The number of hydrogen-bond donors (Lipinski definition) is 1. The van der Waals surface area contributed by atoms with Crippen LogP contribution < -0.4 is 0 Å². The third-order valence-electron chi connectivity index (χ3n) is 2.10. The summed E-state index contributed by atoms with van der Waals surface area (Å²) < 4.78 is 26.5. The Kier molecular flexibility index (Phi) is 3.58. The zero-order valence-electron chi connectivity index (χ0n) is 8.35. The Balaban J connectivity index is 2.86. The number of aliphatic hydroxyl groups is 1. The average molecular weight is 200 g/mol. The summed E-state index contributed by atoms with van der Waals surface area (Å²) in [5.74, 6) is -1.05. The highest BCUT2D eigenvalue weighted by molar-refractivity contribution is 5.25. The molecule has 0 spiro atoms. The van der Waals surface area contributed by atoms with Gasteiger partial charge in [-0.3, -0.25) is 0 Å². The van der Waals surface area contributed by atoms with Crippen LogP contribution in [-0.2, 0) is 6.42 Å². The van der Waals surface area contributed by atoms with E-state index in [1.165, 1.54) is 12.1 Å². The Morgan fingerprint density at radius 3 is 2.21 bits per heavy atom. The SMILES string of the molecule is Cc1cc(F)c(CC[C@H](C)O)c(F)c1. The van der Waals surface area contributed by atoms with Gasteiger partial charge in [0, 0.05) is 5.56 Å². The fourth-order valence-corrected chi connectivity index (χ4v) is 1.32. The monoisotopic (exact) mass is 200 g/mol. The molecule has 0 fully saturated rings. The fraction of sp³-hybridized carbons (Fsp3) is 0.455. The molecule has 0 saturated heterocycles. The van der Waals surface area contributed by atoms with Crippen LogP contribution in [0.2, 0.25) is 0 Å². The number of hydrogen-bond acceptors (Lipinski definition) is 1. The van der Waals surface area contributed by atoms with Crippen LogP contribution in [0.1, 0.15) is 24.5 Å². The van der Waals surface area contributed by atoms with Gasteiger partial charge in [0.05, 0.1) is 6.10 Å². The van der Waals surface area contributed by atoms with Crippen molar-refractivity contribution in [1.82, 2.24) is 0 Å². The molecule has 0 heterocycles. The predicted octanol–water partition coefficient (Wildman–Crippen LogP) is 2.59. The second kappa shape index (κ2) is 4.51. The van der Waals surface area contributed by atoms with Crippen LogP contribution in [0.4, 0.5) is 8.78 Å². The lowest BCUT2D eigenvalue weighted by Crippen LogP contribution is -2.04. The van der Waals surface area contributed by atoms with E-state index in [2.05, 4.69) is 0 Å². The number of rotatable bonds is 3. The molecule has 0 aliphatic heterocycles. The van der Waals surface area contributed by atoms with E-state index in [1.54, 1.807) is 13.8 Å². The van der Waals surface area contributed by atoms with Crippen LogP contribution in [-0.4, -0.2) is 11.2 Å². The van der Waals surface area contributed by atoms with E-state index < -0.39 is 17.7 Å². The molecule has 1 aromatic rings. The largest absolute Gasteiger partial charge is 0.393 e. The first kappa shape index (κ1) is 11.1. The standard InChI is InChI=1S/C11H14F2O/c1-7-5-10(12)9(11(13)6-7)4-3-8(2)14/h5-6,8,14H,3-4H2,1-2H3/t8-/m0/s1. The Hall–Kier alpha value is -0.960. The van der Waals surface area contributed by atoms with Gasteiger partial charge in [0.15, 0.2) is 0 Å². The number of aryl methyl sites for hydroxylation is 1. The molecular formula is C11H14F2O. The van der Waals surface area contributed by atoms with Gasteiger partial charge in [0.2, 0.25) is 0 Å². The normalized spacial score (nSPS) is 12.9. The number of benzene rings is 1. The maximum absolute atomic E-state index is 13.2.